The van der Waals surface area contributed by atoms with Gasteiger partial charge in [0.15, 0.2) is 5.54 Å². The highest BCUT2D eigenvalue weighted by Gasteiger charge is 2.44. The van der Waals surface area contributed by atoms with Crippen molar-refractivity contribution in [2.75, 3.05) is 13.2 Å². The molecule has 1 heterocycles. The van der Waals surface area contributed by atoms with E-state index in [4.69, 9.17) is 9.84 Å². The number of aliphatic carboxylic acids is 1. The number of aliphatic hydroxyl groups excluding tert-OH is 1. The molecule has 0 spiro atoms. The number of ether oxygens (including phenoxy) is 1. The van der Waals surface area contributed by atoms with Gasteiger partial charge in [0, 0.05) is 18.6 Å². The maximum atomic E-state index is 12.0. The molecule has 1 aliphatic heterocycles. The number of amides is 1. The van der Waals surface area contributed by atoms with Crippen LogP contribution in [0.2, 0.25) is 0 Å². The Hall–Kier alpha value is -1.92. The van der Waals surface area contributed by atoms with Crippen molar-refractivity contribution in [1.82, 2.24) is 5.32 Å². The minimum Gasteiger partial charge on any atom is -0.479 e. The monoisotopic (exact) mass is 265 g/mol. The molecule has 1 amide bonds. The predicted molar refractivity (Wildman–Crippen MR) is 65.6 cm³/mol. The quantitative estimate of drug-likeness (QED) is 0.720. The minimum atomic E-state index is -1.34. The van der Waals surface area contributed by atoms with Crippen molar-refractivity contribution in [3.05, 3.63) is 35.4 Å². The molecule has 6 heteroatoms. The fraction of sp³-hybridized carbons (Fsp3) is 0.385. The van der Waals surface area contributed by atoms with Crippen molar-refractivity contribution < 1.29 is 24.5 Å². The van der Waals surface area contributed by atoms with Gasteiger partial charge in [-0.2, -0.15) is 0 Å². The number of benzene rings is 1. The molecule has 6 nitrogen and oxygen atoms in total. The van der Waals surface area contributed by atoms with Crippen LogP contribution in [0.3, 0.4) is 0 Å². The highest BCUT2D eigenvalue weighted by molar-refractivity contribution is 5.98. The lowest BCUT2D eigenvalue weighted by Gasteiger charge is -2.23. The van der Waals surface area contributed by atoms with Crippen LogP contribution in [-0.4, -0.2) is 40.8 Å². The molecule has 1 atom stereocenters. The standard InChI is InChI=1S/C13H15NO5/c15-7-9-1-3-10(4-2-9)11(16)14-13(12(17)18)5-6-19-8-13/h1-4,15H,5-8H2,(H,14,16)(H,17,18). The molecule has 0 radical (unpaired) electrons. The highest BCUT2D eigenvalue weighted by Crippen LogP contribution is 2.19. The van der Waals surface area contributed by atoms with Gasteiger partial charge in [-0.15, -0.1) is 0 Å². The SMILES string of the molecule is O=C(NC1(C(=O)O)CCOC1)c1ccc(CO)cc1. The normalized spacial score (nSPS) is 22.2. The Morgan fingerprint density at radius 3 is 2.47 bits per heavy atom. The van der Waals surface area contributed by atoms with Crippen LogP contribution in [0.1, 0.15) is 22.3 Å². The molecular formula is C13H15NO5. The first-order chi connectivity index (χ1) is 9.07. The summed E-state index contributed by atoms with van der Waals surface area (Å²) in [6.45, 7) is 0.188. The van der Waals surface area contributed by atoms with E-state index in [1.165, 1.54) is 0 Å². The molecule has 2 rings (SSSR count). The molecule has 0 saturated carbocycles. The Morgan fingerprint density at radius 2 is 2.00 bits per heavy atom. The molecule has 1 unspecified atom stereocenters. The summed E-state index contributed by atoms with van der Waals surface area (Å²) in [5.41, 5.74) is -0.300. The van der Waals surface area contributed by atoms with Crippen molar-refractivity contribution >= 4 is 11.9 Å². The van der Waals surface area contributed by atoms with Crippen molar-refractivity contribution in [3.8, 4) is 0 Å². The van der Waals surface area contributed by atoms with Crippen molar-refractivity contribution in [3.63, 3.8) is 0 Å². The second kappa shape index (κ2) is 5.38. The third kappa shape index (κ3) is 2.74. The molecule has 19 heavy (non-hydrogen) atoms. The molecule has 1 aromatic carbocycles. The number of carbonyl (C=O) groups excluding carboxylic acids is 1. The first kappa shape index (κ1) is 13.5. The first-order valence-corrected chi connectivity index (χ1v) is 5.91. The summed E-state index contributed by atoms with van der Waals surface area (Å²) in [7, 11) is 0. The lowest BCUT2D eigenvalue weighted by molar-refractivity contribution is -0.144. The Labute approximate surface area is 110 Å². The van der Waals surface area contributed by atoms with E-state index >= 15 is 0 Å². The third-order valence-corrected chi connectivity index (χ3v) is 3.18. The zero-order chi connectivity index (χ0) is 13.9. The Bertz CT molecular complexity index is 476. The zero-order valence-electron chi connectivity index (χ0n) is 10.3. The summed E-state index contributed by atoms with van der Waals surface area (Å²) in [5.74, 6) is -1.55. The molecule has 3 N–H and O–H groups in total. The topological polar surface area (TPSA) is 95.9 Å². The van der Waals surface area contributed by atoms with Crippen molar-refractivity contribution in [2.45, 2.75) is 18.6 Å². The number of nitrogens with one attached hydrogen (secondary N) is 1. The molecule has 0 bridgehead atoms. The van der Waals surface area contributed by atoms with Crippen LogP contribution in [0, 0.1) is 0 Å². The second-order valence-electron chi connectivity index (χ2n) is 4.50. The van der Waals surface area contributed by atoms with E-state index in [-0.39, 0.29) is 19.6 Å². The summed E-state index contributed by atoms with van der Waals surface area (Å²) in [6, 6.07) is 6.33. The number of aliphatic hydroxyl groups is 1. The fourth-order valence-electron chi connectivity index (χ4n) is 1.94. The number of carboxylic acids is 1. The van der Waals surface area contributed by atoms with Crippen LogP contribution in [0.25, 0.3) is 0 Å². The van der Waals surface area contributed by atoms with E-state index in [2.05, 4.69) is 5.32 Å². The molecule has 1 aliphatic rings. The first-order valence-electron chi connectivity index (χ1n) is 5.91. The Kier molecular flexibility index (Phi) is 3.82. The predicted octanol–water partition coefficient (Wildman–Crippen LogP) is 0.152. The van der Waals surface area contributed by atoms with E-state index in [1.807, 2.05) is 0 Å². The largest absolute Gasteiger partial charge is 0.479 e. The van der Waals surface area contributed by atoms with Gasteiger partial charge >= 0.3 is 5.97 Å². The van der Waals surface area contributed by atoms with Gasteiger partial charge < -0.3 is 20.3 Å². The summed E-state index contributed by atoms with van der Waals surface area (Å²) in [5, 5.41) is 20.6. The molecule has 0 aliphatic carbocycles. The van der Waals surface area contributed by atoms with Crippen LogP contribution in [0.5, 0.6) is 0 Å². The van der Waals surface area contributed by atoms with Gasteiger partial charge in [-0.3, -0.25) is 4.79 Å². The second-order valence-corrected chi connectivity index (χ2v) is 4.50. The summed E-state index contributed by atoms with van der Waals surface area (Å²) in [4.78, 5) is 23.3. The van der Waals surface area contributed by atoms with Gasteiger partial charge in [0.2, 0.25) is 0 Å². The third-order valence-electron chi connectivity index (χ3n) is 3.18. The Morgan fingerprint density at radius 1 is 1.32 bits per heavy atom. The van der Waals surface area contributed by atoms with E-state index in [0.29, 0.717) is 17.7 Å². The molecule has 1 aromatic rings. The zero-order valence-corrected chi connectivity index (χ0v) is 10.3. The van der Waals surface area contributed by atoms with Crippen LogP contribution >= 0.6 is 0 Å². The van der Waals surface area contributed by atoms with Gasteiger partial charge in [0.25, 0.3) is 5.91 Å². The number of carboxylic acid groups (broad SMARTS) is 1. The van der Waals surface area contributed by atoms with Crippen molar-refractivity contribution in [1.29, 1.82) is 0 Å². The summed E-state index contributed by atoms with van der Waals surface area (Å²) >= 11 is 0. The molecule has 1 fully saturated rings. The van der Waals surface area contributed by atoms with Crippen LogP contribution in [0.15, 0.2) is 24.3 Å². The van der Waals surface area contributed by atoms with Crippen LogP contribution in [0.4, 0.5) is 0 Å². The smallest absolute Gasteiger partial charge is 0.331 e. The number of rotatable bonds is 4. The lowest BCUT2D eigenvalue weighted by Crippen LogP contribution is -2.55. The minimum absolute atomic E-state index is 0.0250. The van der Waals surface area contributed by atoms with E-state index < -0.39 is 17.4 Å². The van der Waals surface area contributed by atoms with Gasteiger partial charge in [-0.05, 0) is 17.7 Å². The van der Waals surface area contributed by atoms with E-state index in [9.17, 15) is 14.7 Å². The number of hydrogen-bond acceptors (Lipinski definition) is 4. The van der Waals surface area contributed by atoms with Crippen molar-refractivity contribution in [2.24, 2.45) is 0 Å². The van der Waals surface area contributed by atoms with Gasteiger partial charge in [0.05, 0.1) is 13.2 Å². The summed E-state index contributed by atoms with van der Waals surface area (Å²) < 4.78 is 5.07. The molecular weight excluding hydrogens is 250 g/mol. The van der Waals surface area contributed by atoms with E-state index in [0.717, 1.165) is 0 Å². The van der Waals surface area contributed by atoms with Gasteiger partial charge in [-0.25, -0.2) is 4.79 Å². The lowest BCUT2D eigenvalue weighted by atomic mass is 9.98. The number of hydrogen-bond donors (Lipinski definition) is 3. The number of carbonyl (C=O) groups is 2. The maximum Gasteiger partial charge on any atom is 0.331 e. The molecule has 102 valence electrons. The Balaban J connectivity index is 2.13. The average Bonchev–Trinajstić information content (AvgIpc) is 2.88. The highest BCUT2D eigenvalue weighted by atomic mass is 16.5. The van der Waals surface area contributed by atoms with Gasteiger partial charge in [0.1, 0.15) is 0 Å². The fourth-order valence-corrected chi connectivity index (χ4v) is 1.94. The molecule has 1 saturated heterocycles. The molecule has 0 aromatic heterocycles. The summed E-state index contributed by atoms with van der Waals surface area (Å²) in [6.07, 6.45) is 0.253. The van der Waals surface area contributed by atoms with E-state index in [1.54, 1.807) is 24.3 Å². The van der Waals surface area contributed by atoms with Crippen LogP contribution in [-0.2, 0) is 16.1 Å². The maximum absolute atomic E-state index is 12.0. The van der Waals surface area contributed by atoms with Crippen LogP contribution < -0.4 is 5.32 Å². The average molecular weight is 265 g/mol. The van der Waals surface area contributed by atoms with Gasteiger partial charge in [-0.1, -0.05) is 12.1 Å².